The molecule has 1 saturated carbocycles. The zero-order valence-corrected chi connectivity index (χ0v) is 12.8. The summed E-state index contributed by atoms with van der Waals surface area (Å²) in [7, 11) is 0. The van der Waals surface area contributed by atoms with Crippen LogP contribution in [0.4, 0.5) is 0 Å². The Morgan fingerprint density at radius 1 is 1.21 bits per heavy atom. The highest BCUT2D eigenvalue weighted by atomic mass is 15.3. The second-order valence-electron chi connectivity index (χ2n) is 5.89. The molecular weight excluding hydrogens is 234 g/mol. The first-order chi connectivity index (χ1) is 9.24. The van der Waals surface area contributed by atoms with Gasteiger partial charge in [-0.3, -0.25) is 4.68 Å². The summed E-state index contributed by atoms with van der Waals surface area (Å²) in [6.45, 7) is 8.91. The maximum Gasteiger partial charge on any atom is 0.0628 e. The van der Waals surface area contributed by atoms with E-state index in [2.05, 4.69) is 30.8 Å². The number of hydrogen-bond donors (Lipinski definition) is 1. The zero-order chi connectivity index (χ0) is 13.7. The predicted octanol–water partition coefficient (Wildman–Crippen LogP) is 3.55. The molecule has 19 heavy (non-hydrogen) atoms. The fraction of sp³-hybridized carbons (Fsp3) is 0.812. The molecule has 0 spiro atoms. The smallest absolute Gasteiger partial charge is 0.0628 e. The molecule has 0 bridgehead atoms. The van der Waals surface area contributed by atoms with Crippen molar-refractivity contribution in [1.29, 1.82) is 0 Å². The Hall–Kier alpha value is -0.830. The van der Waals surface area contributed by atoms with Gasteiger partial charge in [-0.25, -0.2) is 0 Å². The maximum atomic E-state index is 4.80. The van der Waals surface area contributed by atoms with Crippen LogP contribution in [0.2, 0.25) is 0 Å². The van der Waals surface area contributed by atoms with Crippen LogP contribution in [0.5, 0.6) is 0 Å². The van der Waals surface area contributed by atoms with E-state index in [1.165, 1.54) is 61.9 Å². The van der Waals surface area contributed by atoms with Gasteiger partial charge >= 0.3 is 0 Å². The molecule has 0 saturated heterocycles. The molecule has 108 valence electrons. The van der Waals surface area contributed by atoms with Crippen molar-refractivity contribution in [1.82, 2.24) is 15.1 Å². The summed E-state index contributed by atoms with van der Waals surface area (Å²) in [6, 6.07) is 0.672. The van der Waals surface area contributed by atoms with E-state index in [0.717, 1.165) is 13.1 Å². The Kier molecular flexibility index (Phi) is 5.44. The number of rotatable bonds is 7. The standard InChI is InChI=1S/C16H29N3/c1-4-11-17-12-7-10-16-13(2)18-19(14(16)3)15-8-5-6-9-15/h15,17H,4-12H2,1-3H3. The molecule has 1 aliphatic rings. The first-order valence-electron chi connectivity index (χ1n) is 7.99. The third-order valence-electron chi connectivity index (χ3n) is 4.35. The van der Waals surface area contributed by atoms with Crippen LogP contribution in [0.15, 0.2) is 0 Å². The van der Waals surface area contributed by atoms with Crippen molar-refractivity contribution in [2.75, 3.05) is 13.1 Å². The Morgan fingerprint density at radius 3 is 2.63 bits per heavy atom. The summed E-state index contributed by atoms with van der Waals surface area (Å²) < 4.78 is 2.32. The van der Waals surface area contributed by atoms with E-state index in [1.807, 2.05) is 0 Å². The van der Waals surface area contributed by atoms with Gasteiger partial charge in [-0.15, -0.1) is 0 Å². The fourth-order valence-electron chi connectivity index (χ4n) is 3.26. The van der Waals surface area contributed by atoms with Gasteiger partial charge in [-0.1, -0.05) is 19.8 Å². The highest BCUT2D eigenvalue weighted by Gasteiger charge is 2.21. The molecule has 0 aliphatic heterocycles. The predicted molar refractivity (Wildman–Crippen MR) is 80.7 cm³/mol. The van der Waals surface area contributed by atoms with E-state index >= 15 is 0 Å². The minimum atomic E-state index is 0.672. The molecule has 1 fully saturated rings. The van der Waals surface area contributed by atoms with Crippen molar-refractivity contribution in [3.8, 4) is 0 Å². The number of hydrogen-bond acceptors (Lipinski definition) is 2. The van der Waals surface area contributed by atoms with E-state index in [9.17, 15) is 0 Å². The Bertz CT molecular complexity index is 389. The number of nitrogens with zero attached hydrogens (tertiary/aromatic N) is 2. The lowest BCUT2D eigenvalue weighted by Crippen LogP contribution is -2.16. The summed E-state index contributed by atoms with van der Waals surface area (Å²) >= 11 is 0. The third-order valence-corrected chi connectivity index (χ3v) is 4.35. The first-order valence-corrected chi connectivity index (χ1v) is 7.99. The summed E-state index contributed by atoms with van der Waals surface area (Å²) in [5.41, 5.74) is 4.16. The topological polar surface area (TPSA) is 29.9 Å². The molecule has 1 aliphatic carbocycles. The highest BCUT2D eigenvalue weighted by Crippen LogP contribution is 2.31. The van der Waals surface area contributed by atoms with Crippen molar-refractivity contribution in [3.63, 3.8) is 0 Å². The van der Waals surface area contributed by atoms with Crippen molar-refractivity contribution in [2.45, 2.75) is 71.8 Å². The lowest BCUT2D eigenvalue weighted by atomic mass is 10.1. The van der Waals surface area contributed by atoms with E-state index in [-0.39, 0.29) is 0 Å². The quantitative estimate of drug-likeness (QED) is 0.762. The number of nitrogens with one attached hydrogen (secondary N) is 1. The van der Waals surface area contributed by atoms with Crippen LogP contribution in [0.3, 0.4) is 0 Å². The normalized spacial score (nSPS) is 16.4. The summed E-state index contributed by atoms with van der Waals surface area (Å²) in [6.07, 6.45) is 8.99. The number of aryl methyl sites for hydroxylation is 1. The van der Waals surface area contributed by atoms with Gasteiger partial charge in [0.15, 0.2) is 0 Å². The average molecular weight is 263 g/mol. The third kappa shape index (κ3) is 3.59. The molecular formula is C16H29N3. The Morgan fingerprint density at radius 2 is 1.95 bits per heavy atom. The van der Waals surface area contributed by atoms with Crippen LogP contribution < -0.4 is 5.32 Å². The lowest BCUT2D eigenvalue weighted by Gasteiger charge is -2.12. The van der Waals surface area contributed by atoms with Crippen LogP contribution in [-0.4, -0.2) is 22.9 Å². The van der Waals surface area contributed by atoms with Crippen molar-refractivity contribution < 1.29 is 0 Å². The molecule has 2 rings (SSSR count). The molecule has 1 aromatic heterocycles. The molecule has 0 atom stereocenters. The minimum Gasteiger partial charge on any atom is -0.317 e. The van der Waals surface area contributed by atoms with Crippen LogP contribution in [-0.2, 0) is 6.42 Å². The van der Waals surface area contributed by atoms with E-state index < -0.39 is 0 Å². The maximum absolute atomic E-state index is 4.80. The molecule has 1 heterocycles. The molecule has 3 heteroatoms. The van der Waals surface area contributed by atoms with E-state index in [0.29, 0.717) is 6.04 Å². The molecule has 1 N–H and O–H groups in total. The number of aromatic nitrogens is 2. The summed E-state index contributed by atoms with van der Waals surface area (Å²) in [4.78, 5) is 0. The second kappa shape index (κ2) is 7.09. The highest BCUT2D eigenvalue weighted by molar-refractivity contribution is 5.25. The van der Waals surface area contributed by atoms with Crippen molar-refractivity contribution in [2.24, 2.45) is 0 Å². The molecule has 1 aromatic rings. The summed E-state index contributed by atoms with van der Waals surface area (Å²) in [5, 5.41) is 8.28. The molecule has 3 nitrogen and oxygen atoms in total. The molecule has 0 radical (unpaired) electrons. The zero-order valence-electron chi connectivity index (χ0n) is 12.8. The Balaban J connectivity index is 1.92. The fourth-order valence-corrected chi connectivity index (χ4v) is 3.26. The molecule has 0 unspecified atom stereocenters. The van der Waals surface area contributed by atoms with Gasteiger partial charge in [0.25, 0.3) is 0 Å². The van der Waals surface area contributed by atoms with E-state index in [1.54, 1.807) is 0 Å². The van der Waals surface area contributed by atoms with Crippen LogP contribution in [0.25, 0.3) is 0 Å². The molecule has 0 amide bonds. The monoisotopic (exact) mass is 263 g/mol. The van der Waals surface area contributed by atoms with Crippen molar-refractivity contribution in [3.05, 3.63) is 17.0 Å². The van der Waals surface area contributed by atoms with Crippen LogP contribution in [0.1, 0.15) is 68.4 Å². The minimum absolute atomic E-state index is 0.672. The van der Waals surface area contributed by atoms with Gasteiger partial charge in [0.2, 0.25) is 0 Å². The molecule has 0 aromatic carbocycles. The van der Waals surface area contributed by atoms with Gasteiger partial charge in [-0.05, 0) is 64.6 Å². The van der Waals surface area contributed by atoms with Crippen molar-refractivity contribution >= 4 is 0 Å². The average Bonchev–Trinajstić information content (AvgIpc) is 3.00. The SMILES string of the molecule is CCCNCCCc1c(C)nn(C2CCCC2)c1C. The summed E-state index contributed by atoms with van der Waals surface area (Å²) in [5.74, 6) is 0. The first kappa shape index (κ1) is 14.6. The van der Waals surface area contributed by atoms with Gasteiger partial charge in [0.05, 0.1) is 11.7 Å². The van der Waals surface area contributed by atoms with Gasteiger partial charge in [-0.2, -0.15) is 5.10 Å². The van der Waals surface area contributed by atoms with Crippen LogP contribution in [0, 0.1) is 13.8 Å². The van der Waals surface area contributed by atoms with E-state index in [4.69, 9.17) is 5.10 Å². The van der Waals surface area contributed by atoms with Gasteiger partial charge in [0, 0.05) is 5.69 Å². The van der Waals surface area contributed by atoms with Crippen LogP contribution >= 0.6 is 0 Å². The van der Waals surface area contributed by atoms with Gasteiger partial charge in [0.1, 0.15) is 0 Å². The second-order valence-corrected chi connectivity index (χ2v) is 5.89. The lowest BCUT2D eigenvalue weighted by molar-refractivity contribution is 0.454. The Labute approximate surface area is 117 Å². The van der Waals surface area contributed by atoms with Gasteiger partial charge < -0.3 is 5.32 Å². The largest absolute Gasteiger partial charge is 0.317 e.